The van der Waals surface area contributed by atoms with Gasteiger partial charge in [0.05, 0.1) is 11.9 Å². The molecule has 0 aromatic rings. The van der Waals surface area contributed by atoms with Crippen LogP contribution in [-0.4, -0.2) is 36.7 Å². The number of aliphatic hydroxyl groups is 1. The first-order valence-electron chi connectivity index (χ1n) is 6.25. The largest absolute Gasteiger partial charge is 1.00 e. The second-order valence-electron chi connectivity index (χ2n) is 3.84. The van der Waals surface area contributed by atoms with E-state index in [2.05, 4.69) is 12.2 Å². The number of carboxylic acids is 2. The van der Waals surface area contributed by atoms with E-state index >= 15 is 0 Å². The summed E-state index contributed by atoms with van der Waals surface area (Å²) in [5.41, 5.74) is 0. The van der Waals surface area contributed by atoms with E-state index in [4.69, 9.17) is 5.11 Å². The number of carbonyl (C=O) groups is 2. The third-order valence-electron chi connectivity index (χ3n) is 2.05. The topological polar surface area (TPSA) is 113 Å². The van der Waals surface area contributed by atoms with E-state index in [1.165, 1.54) is 32.1 Å². The molecule has 0 aromatic heterocycles. The first kappa shape index (κ1) is 28.9. The zero-order chi connectivity index (χ0) is 14.2. The van der Waals surface area contributed by atoms with Gasteiger partial charge in [-0.1, -0.05) is 39.0 Å². The molecule has 0 bridgehead atoms. The van der Waals surface area contributed by atoms with Gasteiger partial charge in [0.15, 0.2) is 0 Å². The minimum absolute atomic E-state index is 0. The number of hydrogen-bond donors (Lipinski definition) is 2. The van der Waals surface area contributed by atoms with Crippen LogP contribution in [0.25, 0.3) is 0 Å². The van der Waals surface area contributed by atoms with E-state index in [9.17, 15) is 19.8 Å². The van der Waals surface area contributed by atoms with Crippen LogP contribution in [0.2, 0.25) is 0 Å². The first-order chi connectivity index (χ1) is 8.54. The van der Waals surface area contributed by atoms with Crippen molar-refractivity contribution in [3.05, 3.63) is 0 Å². The van der Waals surface area contributed by atoms with Gasteiger partial charge in [-0.25, -0.2) is 0 Å². The van der Waals surface area contributed by atoms with Gasteiger partial charge >= 0.3 is 59.1 Å². The molecule has 0 saturated carbocycles. The number of hydrogen-bond acceptors (Lipinski definition) is 6. The van der Waals surface area contributed by atoms with Gasteiger partial charge in [0.1, 0.15) is 0 Å². The van der Waals surface area contributed by atoms with Crippen LogP contribution in [0.15, 0.2) is 0 Å². The molecule has 0 saturated heterocycles. The van der Waals surface area contributed by atoms with E-state index in [1.807, 2.05) is 0 Å². The number of carboxylic acid groups (broad SMARTS) is 2. The summed E-state index contributed by atoms with van der Waals surface area (Å²) in [5, 5.41) is 29.7. The molecule has 0 radical (unpaired) electrons. The molecule has 6 nitrogen and oxygen atoms in total. The maximum atomic E-state index is 9.59. The van der Waals surface area contributed by atoms with Gasteiger partial charge in [0.2, 0.25) is 0 Å². The summed E-state index contributed by atoms with van der Waals surface area (Å²) in [4.78, 5) is 19.2. The average molecular weight is 307 g/mol. The summed E-state index contributed by atoms with van der Waals surface area (Å²) in [6.45, 7) is 1.65. The van der Waals surface area contributed by atoms with Crippen LogP contribution in [0.1, 0.15) is 45.4 Å². The van der Waals surface area contributed by atoms with Crippen LogP contribution in [0, 0.1) is 0 Å². The number of rotatable bonds is 10. The average Bonchev–Trinajstić information content (AvgIpc) is 2.29. The van der Waals surface area contributed by atoms with E-state index in [0.717, 1.165) is 6.42 Å². The summed E-state index contributed by atoms with van der Waals surface area (Å²) in [5.74, 6) is -2.67. The molecule has 2 N–H and O–H groups in total. The van der Waals surface area contributed by atoms with Crippen LogP contribution in [0.4, 0.5) is 0 Å². The van der Waals surface area contributed by atoms with Crippen LogP contribution in [-0.2, 0) is 9.59 Å². The Labute approximate surface area is 165 Å². The standard InChI is InChI=1S/C8H18O.C4H7NO4.2Na/c1-2-3-4-5-6-7-8-9;6-3(7)1-5-2-4(8)9;;/h9H,2-8H2,1H3;5H,1-2H2,(H,6,7)(H,8,9);;/q;;2*+1/p-2. The maximum absolute atomic E-state index is 9.59. The molecule has 0 atom stereocenters. The van der Waals surface area contributed by atoms with E-state index < -0.39 is 25.0 Å². The molecule has 8 heteroatoms. The zero-order valence-electron chi connectivity index (χ0n) is 12.9. The summed E-state index contributed by atoms with van der Waals surface area (Å²) in [6, 6.07) is 0. The van der Waals surface area contributed by atoms with Crippen molar-refractivity contribution < 1.29 is 84.0 Å². The van der Waals surface area contributed by atoms with Crippen molar-refractivity contribution in [3.8, 4) is 0 Å². The van der Waals surface area contributed by atoms with Gasteiger partial charge < -0.3 is 30.2 Å². The van der Waals surface area contributed by atoms with Crippen molar-refractivity contribution in [1.82, 2.24) is 5.32 Å². The van der Waals surface area contributed by atoms with Gasteiger partial charge in [-0.2, -0.15) is 0 Å². The third-order valence-corrected chi connectivity index (χ3v) is 2.05. The number of carbonyl (C=O) groups excluding carboxylic acids is 2. The fourth-order valence-electron chi connectivity index (χ4n) is 1.16. The van der Waals surface area contributed by atoms with Crippen molar-refractivity contribution in [1.29, 1.82) is 0 Å². The Balaban J connectivity index is -0.000000116. The molecule has 0 rings (SSSR count). The minimum atomic E-state index is -1.34. The van der Waals surface area contributed by atoms with Crippen LogP contribution in [0.5, 0.6) is 0 Å². The number of aliphatic hydroxyl groups excluding tert-OH is 1. The maximum Gasteiger partial charge on any atom is 1.00 e. The number of nitrogens with one attached hydrogen (secondary N) is 1. The molecule has 0 unspecified atom stereocenters. The minimum Gasteiger partial charge on any atom is -0.549 e. The van der Waals surface area contributed by atoms with Gasteiger partial charge in [0, 0.05) is 19.7 Å². The van der Waals surface area contributed by atoms with Gasteiger partial charge in [-0.3, -0.25) is 0 Å². The van der Waals surface area contributed by atoms with Crippen molar-refractivity contribution in [2.45, 2.75) is 45.4 Å². The van der Waals surface area contributed by atoms with Crippen molar-refractivity contribution >= 4 is 11.9 Å². The molecule has 0 aliphatic carbocycles. The molecule has 0 fully saturated rings. The molecule has 108 valence electrons. The predicted octanol–water partition coefficient (Wildman–Crippen LogP) is -7.58. The molecule has 0 amide bonds. The van der Waals surface area contributed by atoms with Crippen LogP contribution < -0.4 is 74.6 Å². The summed E-state index contributed by atoms with van der Waals surface area (Å²) in [7, 11) is 0. The Kier molecular flexibility index (Phi) is 36.0. The molecule has 0 aliphatic rings. The summed E-state index contributed by atoms with van der Waals surface area (Å²) >= 11 is 0. The molecule has 0 heterocycles. The van der Waals surface area contributed by atoms with Gasteiger partial charge in [-0.05, 0) is 6.42 Å². The normalized spacial score (nSPS) is 8.50. The molecule has 0 spiro atoms. The van der Waals surface area contributed by atoms with Crippen LogP contribution >= 0.6 is 0 Å². The smallest absolute Gasteiger partial charge is 0.549 e. The van der Waals surface area contributed by atoms with Crippen molar-refractivity contribution in [2.24, 2.45) is 0 Å². The second kappa shape index (κ2) is 24.9. The Morgan fingerprint density at radius 2 is 1.30 bits per heavy atom. The fourth-order valence-corrected chi connectivity index (χ4v) is 1.16. The Morgan fingerprint density at radius 3 is 1.65 bits per heavy atom. The Hall–Kier alpha value is 0.860. The molecule has 0 aliphatic heterocycles. The molecular weight excluding hydrogens is 284 g/mol. The predicted molar refractivity (Wildman–Crippen MR) is 63.3 cm³/mol. The molecule has 20 heavy (non-hydrogen) atoms. The summed E-state index contributed by atoms with van der Waals surface area (Å²) < 4.78 is 0. The fraction of sp³-hybridized carbons (Fsp3) is 0.833. The molecular formula is C12H23NNa2O5. The number of aliphatic carboxylic acids is 2. The monoisotopic (exact) mass is 307 g/mol. The zero-order valence-corrected chi connectivity index (χ0v) is 16.9. The first-order valence-corrected chi connectivity index (χ1v) is 6.25. The van der Waals surface area contributed by atoms with E-state index in [0.29, 0.717) is 6.61 Å². The second-order valence-corrected chi connectivity index (χ2v) is 3.84. The van der Waals surface area contributed by atoms with Gasteiger partial charge in [0.25, 0.3) is 0 Å². The van der Waals surface area contributed by atoms with E-state index in [1.54, 1.807) is 0 Å². The van der Waals surface area contributed by atoms with Crippen molar-refractivity contribution in [3.63, 3.8) is 0 Å². The third kappa shape index (κ3) is 36.4. The summed E-state index contributed by atoms with van der Waals surface area (Å²) in [6.07, 6.45) is 7.50. The Bertz CT molecular complexity index is 198. The van der Waals surface area contributed by atoms with Gasteiger partial charge in [-0.15, -0.1) is 0 Å². The SMILES string of the molecule is CCCCCCCCO.O=C([O-])CNCC(=O)[O-].[Na+].[Na+]. The molecule has 0 aromatic carbocycles. The van der Waals surface area contributed by atoms with Crippen LogP contribution in [0.3, 0.4) is 0 Å². The Morgan fingerprint density at radius 1 is 0.900 bits per heavy atom. The van der Waals surface area contributed by atoms with E-state index in [-0.39, 0.29) is 59.1 Å². The number of unbranched alkanes of at least 4 members (excludes halogenated alkanes) is 5. The van der Waals surface area contributed by atoms with Crippen molar-refractivity contribution in [2.75, 3.05) is 19.7 Å². The quantitative estimate of drug-likeness (QED) is 0.306.